The molecule has 5 nitrogen and oxygen atoms in total. The third kappa shape index (κ3) is 2.23. The van der Waals surface area contributed by atoms with Crippen LogP contribution < -0.4 is 10.5 Å². The predicted octanol–water partition coefficient (Wildman–Crippen LogP) is 2.72. The van der Waals surface area contributed by atoms with Gasteiger partial charge in [-0.05, 0) is 25.3 Å². The lowest BCUT2D eigenvalue weighted by Crippen LogP contribution is -2.21. The van der Waals surface area contributed by atoms with Gasteiger partial charge in [-0.2, -0.15) is 4.52 Å². The first-order chi connectivity index (χ1) is 9.56. The highest BCUT2D eigenvalue weighted by Gasteiger charge is 2.18. The molecule has 0 aromatic carbocycles. The molecule has 0 saturated heterocycles. The van der Waals surface area contributed by atoms with E-state index in [0.717, 1.165) is 10.8 Å². The summed E-state index contributed by atoms with van der Waals surface area (Å²) in [5.74, 6) is 0. The highest BCUT2D eigenvalue weighted by molar-refractivity contribution is 7.20. The van der Waals surface area contributed by atoms with Crippen molar-refractivity contribution in [1.29, 1.82) is 0 Å². The number of fused-ring (bicyclic) bond motifs is 1. The van der Waals surface area contributed by atoms with E-state index in [2.05, 4.69) is 33.4 Å². The van der Waals surface area contributed by atoms with E-state index >= 15 is 0 Å². The van der Waals surface area contributed by atoms with Gasteiger partial charge in [0.1, 0.15) is 0 Å². The summed E-state index contributed by atoms with van der Waals surface area (Å²) in [7, 11) is 1.99. The van der Waals surface area contributed by atoms with Crippen LogP contribution >= 0.6 is 22.7 Å². The van der Waals surface area contributed by atoms with Crippen molar-refractivity contribution < 1.29 is 0 Å². The molecular weight excluding hydrogens is 292 g/mol. The molecule has 7 heteroatoms. The second kappa shape index (κ2) is 4.99. The van der Waals surface area contributed by atoms with Crippen LogP contribution in [0.15, 0.2) is 28.4 Å². The molecule has 1 unspecified atom stereocenters. The lowest BCUT2D eigenvalue weighted by atomic mass is 10.2. The fourth-order valence-electron chi connectivity index (χ4n) is 1.94. The number of anilines is 1. The van der Waals surface area contributed by atoms with Crippen LogP contribution in [0.3, 0.4) is 0 Å². The van der Waals surface area contributed by atoms with Crippen LogP contribution in [0.5, 0.6) is 0 Å². The normalized spacial score (nSPS) is 12.8. The molecule has 0 amide bonds. The quantitative estimate of drug-likeness (QED) is 0.746. The second-order valence-corrected chi connectivity index (χ2v) is 6.53. The van der Waals surface area contributed by atoms with Gasteiger partial charge in [0.2, 0.25) is 10.1 Å². The fourth-order valence-corrected chi connectivity index (χ4v) is 3.76. The van der Waals surface area contributed by atoms with Crippen LogP contribution in [0, 0.1) is 6.92 Å². The van der Waals surface area contributed by atoms with E-state index in [1.807, 2.05) is 20.0 Å². The van der Waals surface area contributed by atoms with Crippen LogP contribution in [0.2, 0.25) is 0 Å². The number of hydrogen-bond donors (Lipinski definition) is 0. The summed E-state index contributed by atoms with van der Waals surface area (Å²) in [6, 6.07) is 5.86. The fraction of sp³-hybridized carbons (Fsp3) is 0.308. The molecule has 0 aliphatic rings. The molecule has 0 spiro atoms. The Balaban J connectivity index is 2.02. The largest absolute Gasteiger partial charge is 0.342 e. The number of aryl methyl sites for hydroxylation is 1. The standard InChI is InChI=1S/C13H14N4OS2/c1-8-7-11(18)17-12(14-8)20-13(15-17)16(3)9(2)10-5-4-6-19-10/h4-7,9H,1-3H3. The van der Waals surface area contributed by atoms with E-state index in [1.165, 1.54) is 26.8 Å². The molecule has 104 valence electrons. The maximum Gasteiger partial charge on any atom is 0.275 e. The van der Waals surface area contributed by atoms with E-state index in [-0.39, 0.29) is 11.6 Å². The highest BCUT2D eigenvalue weighted by atomic mass is 32.1. The van der Waals surface area contributed by atoms with Crippen molar-refractivity contribution in [2.45, 2.75) is 19.9 Å². The van der Waals surface area contributed by atoms with Gasteiger partial charge in [-0.1, -0.05) is 17.4 Å². The topological polar surface area (TPSA) is 50.5 Å². The van der Waals surface area contributed by atoms with E-state index in [4.69, 9.17) is 0 Å². The molecule has 3 aromatic rings. The van der Waals surface area contributed by atoms with Gasteiger partial charge in [-0.25, -0.2) is 4.98 Å². The molecular formula is C13H14N4OS2. The third-order valence-corrected chi connectivity index (χ3v) is 5.24. The Morgan fingerprint density at radius 1 is 1.45 bits per heavy atom. The Kier molecular flexibility index (Phi) is 3.31. The van der Waals surface area contributed by atoms with E-state index in [9.17, 15) is 4.79 Å². The van der Waals surface area contributed by atoms with E-state index in [1.54, 1.807) is 11.3 Å². The first-order valence-electron chi connectivity index (χ1n) is 6.20. The van der Waals surface area contributed by atoms with Gasteiger partial charge >= 0.3 is 0 Å². The second-order valence-electron chi connectivity index (χ2n) is 4.62. The van der Waals surface area contributed by atoms with Crippen molar-refractivity contribution in [2.24, 2.45) is 0 Å². The lowest BCUT2D eigenvalue weighted by molar-refractivity contribution is 0.736. The number of hydrogen-bond acceptors (Lipinski definition) is 6. The molecule has 0 radical (unpaired) electrons. The van der Waals surface area contributed by atoms with Gasteiger partial charge in [0.15, 0.2) is 0 Å². The Bertz CT molecular complexity index is 790. The summed E-state index contributed by atoms with van der Waals surface area (Å²) in [6.07, 6.45) is 0. The monoisotopic (exact) mass is 306 g/mol. The molecule has 0 bridgehead atoms. The summed E-state index contributed by atoms with van der Waals surface area (Å²) >= 11 is 3.15. The van der Waals surface area contributed by atoms with Crippen molar-refractivity contribution in [1.82, 2.24) is 14.6 Å². The zero-order chi connectivity index (χ0) is 14.3. The highest BCUT2D eigenvalue weighted by Crippen LogP contribution is 2.30. The Morgan fingerprint density at radius 3 is 2.95 bits per heavy atom. The third-order valence-electron chi connectivity index (χ3n) is 3.20. The number of rotatable bonds is 3. The van der Waals surface area contributed by atoms with Crippen molar-refractivity contribution >= 4 is 32.8 Å². The molecule has 3 rings (SSSR count). The first-order valence-corrected chi connectivity index (χ1v) is 7.89. The molecule has 20 heavy (non-hydrogen) atoms. The van der Waals surface area contributed by atoms with Crippen molar-refractivity contribution in [3.8, 4) is 0 Å². The zero-order valence-corrected chi connectivity index (χ0v) is 13.0. The summed E-state index contributed by atoms with van der Waals surface area (Å²) < 4.78 is 1.37. The predicted molar refractivity (Wildman–Crippen MR) is 83.0 cm³/mol. The minimum atomic E-state index is -0.132. The molecule has 1 atom stereocenters. The average Bonchev–Trinajstić information content (AvgIpc) is 3.05. The van der Waals surface area contributed by atoms with Crippen LogP contribution in [0.4, 0.5) is 5.13 Å². The van der Waals surface area contributed by atoms with Gasteiger partial charge in [0, 0.05) is 23.7 Å². The Morgan fingerprint density at radius 2 is 2.25 bits per heavy atom. The Hall–Kier alpha value is -1.73. The molecule has 3 heterocycles. The minimum Gasteiger partial charge on any atom is -0.342 e. The Labute approximate surface area is 124 Å². The lowest BCUT2D eigenvalue weighted by Gasteiger charge is -2.22. The summed E-state index contributed by atoms with van der Waals surface area (Å²) in [5, 5.41) is 7.23. The number of thiophene rings is 1. The van der Waals surface area contributed by atoms with Gasteiger partial charge in [0.05, 0.1) is 6.04 Å². The molecule has 0 N–H and O–H groups in total. The molecule has 0 saturated carbocycles. The molecule has 0 aliphatic heterocycles. The zero-order valence-electron chi connectivity index (χ0n) is 11.4. The molecule has 0 aliphatic carbocycles. The van der Waals surface area contributed by atoms with Crippen molar-refractivity contribution in [3.63, 3.8) is 0 Å². The maximum atomic E-state index is 11.9. The van der Waals surface area contributed by atoms with Gasteiger partial charge in [0.25, 0.3) is 5.56 Å². The molecule has 0 fully saturated rings. The van der Waals surface area contributed by atoms with Crippen molar-refractivity contribution in [2.75, 3.05) is 11.9 Å². The van der Waals surface area contributed by atoms with Gasteiger partial charge in [-0.3, -0.25) is 4.79 Å². The van der Waals surface area contributed by atoms with Crippen molar-refractivity contribution in [3.05, 3.63) is 44.5 Å². The van der Waals surface area contributed by atoms with Gasteiger partial charge < -0.3 is 4.90 Å². The van der Waals surface area contributed by atoms with Crippen LogP contribution in [0.1, 0.15) is 23.5 Å². The number of nitrogens with zero attached hydrogens (tertiary/aromatic N) is 4. The first kappa shape index (κ1) is 13.3. The van der Waals surface area contributed by atoms with E-state index in [0.29, 0.717) is 4.96 Å². The molecule has 3 aromatic heterocycles. The minimum absolute atomic E-state index is 0.132. The smallest absolute Gasteiger partial charge is 0.275 e. The maximum absolute atomic E-state index is 11.9. The number of aromatic nitrogens is 3. The summed E-state index contributed by atoms with van der Waals surface area (Å²) in [5.41, 5.74) is 0.589. The SMILES string of the molecule is Cc1cc(=O)n2nc(N(C)C(C)c3cccs3)sc2n1. The average molecular weight is 306 g/mol. The van der Waals surface area contributed by atoms with E-state index < -0.39 is 0 Å². The van der Waals surface area contributed by atoms with Gasteiger partial charge in [-0.15, -0.1) is 16.4 Å². The summed E-state index contributed by atoms with van der Waals surface area (Å²) in [6.45, 7) is 3.94. The van der Waals surface area contributed by atoms with Crippen LogP contribution in [-0.2, 0) is 0 Å². The van der Waals surface area contributed by atoms with Crippen LogP contribution in [0.25, 0.3) is 4.96 Å². The van der Waals surface area contributed by atoms with Crippen LogP contribution in [-0.4, -0.2) is 21.6 Å². The summed E-state index contributed by atoms with van der Waals surface area (Å²) in [4.78, 5) is 20.2.